The molecule has 1 fully saturated rings. The first-order valence-electron chi connectivity index (χ1n) is 8.67. The molecule has 1 aliphatic heterocycles. The molecule has 0 unspecified atom stereocenters. The first-order chi connectivity index (χ1) is 12.1. The van der Waals surface area contributed by atoms with Crippen LogP contribution in [0.5, 0.6) is 5.88 Å². The number of hydrogen-bond donors (Lipinski definition) is 1. The summed E-state index contributed by atoms with van der Waals surface area (Å²) in [7, 11) is 0. The van der Waals surface area contributed by atoms with Crippen molar-refractivity contribution in [1.82, 2.24) is 20.2 Å². The minimum atomic E-state index is -0.0536. The van der Waals surface area contributed by atoms with Crippen molar-refractivity contribution in [3.05, 3.63) is 53.5 Å². The van der Waals surface area contributed by atoms with E-state index in [9.17, 15) is 4.79 Å². The lowest BCUT2D eigenvalue weighted by atomic mass is 10.2. The van der Waals surface area contributed by atoms with E-state index in [0.29, 0.717) is 18.1 Å². The number of carbonyl (C=O) groups excluding carboxylic acids is 1. The highest BCUT2D eigenvalue weighted by molar-refractivity contribution is 5.94. The van der Waals surface area contributed by atoms with Crippen LogP contribution >= 0.6 is 0 Å². The van der Waals surface area contributed by atoms with Gasteiger partial charge < -0.3 is 10.1 Å². The molecule has 1 atom stereocenters. The van der Waals surface area contributed by atoms with E-state index in [-0.39, 0.29) is 11.9 Å². The fourth-order valence-electron chi connectivity index (χ4n) is 2.96. The number of pyridine rings is 2. The lowest BCUT2D eigenvalue weighted by molar-refractivity contribution is 0.0937. The van der Waals surface area contributed by atoms with Crippen molar-refractivity contribution in [1.29, 1.82) is 0 Å². The number of carbonyl (C=O) groups is 1. The Balaban J connectivity index is 1.49. The van der Waals surface area contributed by atoms with E-state index < -0.39 is 0 Å². The Hall–Kier alpha value is -2.47. The summed E-state index contributed by atoms with van der Waals surface area (Å²) < 4.78 is 5.36. The van der Waals surface area contributed by atoms with Gasteiger partial charge in [0.2, 0.25) is 5.88 Å². The molecule has 3 rings (SSSR count). The lowest BCUT2D eigenvalue weighted by Crippen LogP contribution is -2.37. The zero-order valence-corrected chi connectivity index (χ0v) is 14.7. The zero-order valence-electron chi connectivity index (χ0n) is 14.7. The molecule has 0 radical (unpaired) electrons. The summed E-state index contributed by atoms with van der Waals surface area (Å²) in [5, 5.41) is 3.10. The van der Waals surface area contributed by atoms with Gasteiger partial charge in [-0.1, -0.05) is 6.07 Å². The second kappa shape index (κ2) is 8.07. The smallest absolute Gasteiger partial charge is 0.253 e. The fraction of sp³-hybridized carbons (Fsp3) is 0.421. The zero-order chi connectivity index (χ0) is 17.6. The van der Waals surface area contributed by atoms with Gasteiger partial charge in [0, 0.05) is 49.8 Å². The molecule has 3 heterocycles. The Morgan fingerprint density at radius 3 is 2.84 bits per heavy atom. The first kappa shape index (κ1) is 17.4. The third kappa shape index (κ3) is 4.76. The Kier molecular flexibility index (Phi) is 5.60. The average molecular weight is 340 g/mol. The topological polar surface area (TPSA) is 67.3 Å². The SMILES string of the molecule is CCOc1ccc(CN2CC[C@H](NC(=O)c3ccc(C)nc3)C2)cn1. The number of rotatable bonds is 6. The second-order valence-corrected chi connectivity index (χ2v) is 6.32. The summed E-state index contributed by atoms with van der Waals surface area (Å²) in [6.45, 7) is 7.12. The number of ether oxygens (including phenoxy) is 1. The molecule has 0 bridgehead atoms. The number of aryl methyl sites for hydroxylation is 1. The monoisotopic (exact) mass is 340 g/mol. The van der Waals surface area contributed by atoms with E-state index in [0.717, 1.165) is 37.3 Å². The van der Waals surface area contributed by atoms with Crippen molar-refractivity contribution in [3.8, 4) is 5.88 Å². The molecule has 0 spiro atoms. The highest BCUT2D eigenvalue weighted by Gasteiger charge is 2.24. The molecular weight excluding hydrogens is 316 g/mol. The van der Waals surface area contributed by atoms with Crippen molar-refractivity contribution >= 4 is 5.91 Å². The molecular formula is C19H24N4O2. The quantitative estimate of drug-likeness (QED) is 0.873. The van der Waals surface area contributed by atoms with Crippen molar-refractivity contribution < 1.29 is 9.53 Å². The highest BCUT2D eigenvalue weighted by Crippen LogP contribution is 2.15. The van der Waals surface area contributed by atoms with Gasteiger partial charge >= 0.3 is 0 Å². The number of aromatic nitrogens is 2. The predicted octanol–water partition coefficient (Wildman–Crippen LogP) is 2.19. The van der Waals surface area contributed by atoms with Crippen LogP contribution in [0.25, 0.3) is 0 Å². The van der Waals surface area contributed by atoms with Crippen molar-refractivity contribution in [3.63, 3.8) is 0 Å². The first-order valence-corrected chi connectivity index (χ1v) is 8.67. The Labute approximate surface area is 148 Å². The fourth-order valence-corrected chi connectivity index (χ4v) is 2.96. The van der Waals surface area contributed by atoms with E-state index in [1.54, 1.807) is 6.20 Å². The highest BCUT2D eigenvalue weighted by atomic mass is 16.5. The molecule has 1 amide bonds. The summed E-state index contributed by atoms with van der Waals surface area (Å²) >= 11 is 0. The van der Waals surface area contributed by atoms with Gasteiger partial charge in [0.25, 0.3) is 5.91 Å². The van der Waals surface area contributed by atoms with Gasteiger partial charge in [0.1, 0.15) is 0 Å². The Bertz CT molecular complexity index is 700. The van der Waals surface area contributed by atoms with E-state index in [2.05, 4.69) is 20.2 Å². The van der Waals surface area contributed by atoms with E-state index >= 15 is 0 Å². The maximum atomic E-state index is 12.3. The third-order valence-corrected chi connectivity index (χ3v) is 4.28. The summed E-state index contributed by atoms with van der Waals surface area (Å²) in [5.41, 5.74) is 2.67. The second-order valence-electron chi connectivity index (χ2n) is 6.32. The van der Waals surface area contributed by atoms with Crippen LogP contribution in [0.2, 0.25) is 0 Å². The van der Waals surface area contributed by atoms with Crippen molar-refractivity contribution in [2.75, 3.05) is 19.7 Å². The normalized spacial score (nSPS) is 17.4. The van der Waals surface area contributed by atoms with Crippen LogP contribution in [-0.2, 0) is 6.54 Å². The van der Waals surface area contributed by atoms with Crippen LogP contribution in [0, 0.1) is 6.92 Å². The molecule has 0 saturated carbocycles. The van der Waals surface area contributed by atoms with Crippen molar-refractivity contribution in [2.45, 2.75) is 32.9 Å². The van der Waals surface area contributed by atoms with E-state index in [1.165, 1.54) is 0 Å². The molecule has 0 aliphatic carbocycles. The molecule has 6 heteroatoms. The molecule has 2 aromatic heterocycles. The van der Waals surface area contributed by atoms with Crippen LogP contribution in [0.3, 0.4) is 0 Å². The summed E-state index contributed by atoms with van der Waals surface area (Å²) in [6.07, 6.45) is 4.44. The van der Waals surface area contributed by atoms with Gasteiger partial charge in [-0.05, 0) is 38.0 Å². The summed E-state index contributed by atoms with van der Waals surface area (Å²) in [6, 6.07) is 7.79. The van der Waals surface area contributed by atoms with Crippen LogP contribution < -0.4 is 10.1 Å². The minimum absolute atomic E-state index is 0.0536. The van der Waals surface area contributed by atoms with Gasteiger partial charge in [-0.15, -0.1) is 0 Å². The largest absolute Gasteiger partial charge is 0.478 e. The summed E-state index contributed by atoms with van der Waals surface area (Å²) in [4.78, 5) is 23.1. The molecule has 1 aliphatic rings. The predicted molar refractivity (Wildman–Crippen MR) is 95.5 cm³/mol. The van der Waals surface area contributed by atoms with Crippen LogP contribution in [-0.4, -0.2) is 46.5 Å². The van der Waals surface area contributed by atoms with Gasteiger partial charge in [0.15, 0.2) is 0 Å². The number of hydrogen-bond acceptors (Lipinski definition) is 5. The van der Waals surface area contributed by atoms with Gasteiger partial charge in [0.05, 0.1) is 12.2 Å². The lowest BCUT2D eigenvalue weighted by Gasteiger charge is -2.17. The number of nitrogens with one attached hydrogen (secondary N) is 1. The Morgan fingerprint density at radius 1 is 1.28 bits per heavy atom. The molecule has 6 nitrogen and oxygen atoms in total. The molecule has 25 heavy (non-hydrogen) atoms. The van der Waals surface area contributed by atoms with Gasteiger partial charge in [-0.25, -0.2) is 4.98 Å². The average Bonchev–Trinajstić information content (AvgIpc) is 3.04. The Morgan fingerprint density at radius 2 is 2.16 bits per heavy atom. The maximum Gasteiger partial charge on any atom is 0.253 e. The van der Waals surface area contributed by atoms with Gasteiger partial charge in [-0.2, -0.15) is 0 Å². The van der Waals surface area contributed by atoms with Crippen LogP contribution in [0.1, 0.15) is 35.0 Å². The molecule has 1 N–H and O–H groups in total. The minimum Gasteiger partial charge on any atom is -0.478 e. The van der Waals surface area contributed by atoms with Crippen molar-refractivity contribution in [2.24, 2.45) is 0 Å². The molecule has 2 aromatic rings. The summed E-state index contributed by atoms with van der Waals surface area (Å²) in [5.74, 6) is 0.603. The van der Waals surface area contributed by atoms with Crippen LogP contribution in [0.4, 0.5) is 0 Å². The van der Waals surface area contributed by atoms with E-state index in [4.69, 9.17) is 4.74 Å². The number of amides is 1. The van der Waals surface area contributed by atoms with E-state index in [1.807, 2.05) is 44.3 Å². The maximum absolute atomic E-state index is 12.3. The van der Waals surface area contributed by atoms with Crippen LogP contribution in [0.15, 0.2) is 36.7 Å². The van der Waals surface area contributed by atoms with Gasteiger partial charge in [-0.3, -0.25) is 14.7 Å². The third-order valence-electron chi connectivity index (χ3n) is 4.28. The number of likely N-dealkylation sites (tertiary alicyclic amines) is 1. The standard InChI is InChI=1S/C19H24N4O2/c1-3-25-18-7-5-15(10-21-18)12-23-9-8-17(13-23)22-19(24)16-6-4-14(2)20-11-16/h4-7,10-11,17H,3,8-9,12-13H2,1-2H3,(H,22,24)/t17-/m0/s1. The molecule has 1 saturated heterocycles. The number of nitrogens with zero attached hydrogens (tertiary/aromatic N) is 3. The molecule has 132 valence electrons. The molecule has 0 aromatic carbocycles.